The summed E-state index contributed by atoms with van der Waals surface area (Å²) in [7, 11) is 1.65. The predicted molar refractivity (Wildman–Crippen MR) is 135 cm³/mol. The van der Waals surface area contributed by atoms with E-state index in [0.29, 0.717) is 18.9 Å². The van der Waals surface area contributed by atoms with Gasteiger partial charge in [-0.2, -0.15) is 0 Å². The first kappa shape index (κ1) is 28.3. The Morgan fingerprint density at radius 1 is 1.37 bits per heavy atom. The molecular formula is C24H43N5O5S. The first-order valence-corrected chi connectivity index (χ1v) is 14.1. The number of hydrogen-bond acceptors (Lipinski definition) is 9. The highest BCUT2D eigenvalue weighted by molar-refractivity contribution is 7.99. The number of rotatable bonds is 11. The molecule has 200 valence electrons. The van der Waals surface area contributed by atoms with Crippen molar-refractivity contribution in [3.8, 4) is 0 Å². The van der Waals surface area contributed by atoms with Crippen LogP contribution in [0.2, 0.25) is 0 Å². The molecule has 0 unspecified atom stereocenters. The maximum Gasteiger partial charge on any atom is 0.237 e. The summed E-state index contributed by atoms with van der Waals surface area (Å²) in [6.45, 7) is 5.92. The molecule has 0 aromatic carbocycles. The topological polar surface area (TPSA) is 131 Å². The molecule has 35 heavy (non-hydrogen) atoms. The number of carbonyl (C=O) groups is 1. The third kappa shape index (κ3) is 7.62. The average Bonchev–Trinajstić information content (AvgIpc) is 3.16. The highest BCUT2D eigenvalue weighted by Gasteiger charge is 2.45. The Kier molecular flexibility index (Phi) is 11.3. The van der Waals surface area contributed by atoms with Crippen LogP contribution in [-0.4, -0.2) is 86.9 Å². The summed E-state index contributed by atoms with van der Waals surface area (Å²) >= 11 is 1.43. The van der Waals surface area contributed by atoms with Crippen molar-refractivity contribution in [1.82, 2.24) is 25.6 Å². The molecule has 8 atom stereocenters. The van der Waals surface area contributed by atoms with Gasteiger partial charge in [0, 0.05) is 19.6 Å². The van der Waals surface area contributed by atoms with E-state index in [1.54, 1.807) is 7.11 Å². The number of aromatic nitrogens is 3. The maximum atomic E-state index is 13.1. The summed E-state index contributed by atoms with van der Waals surface area (Å²) < 4.78 is 13.0. The molecule has 0 aliphatic carbocycles. The number of aryl methyl sites for hydroxylation is 1. The summed E-state index contributed by atoms with van der Waals surface area (Å²) in [6.07, 6.45) is 7.27. The zero-order chi connectivity index (χ0) is 25.4. The molecule has 0 bridgehead atoms. The molecule has 3 heterocycles. The van der Waals surface area contributed by atoms with Gasteiger partial charge in [-0.1, -0.05) is 19.1 Å². The number of amides is 1. The summed E-state index contributed by atoms with van der Waals surface area (Å²) in [5.74, 6) is 0.205. The summed E-state index contributed by atoms with van der Waals surface area (Å²) in [4.78, 5) is 13.1. The van der Waals surface area contributed by atoms with E-state index in [0.717, 1.165) is 50.9 Å². The minimum Gasteiger partial charge on any atom is -0.390 e. The Labute approximate surface area is 212 Å². The molecule has 3 rings (SSSR count). The normalized spacial score (nSPS) is 32.7. The second-order valence-electron chi connectivity index (χ2n) is 9.86. The number of hydrogen-bond donors (Lipinski definition) is 4. The van der Waals surface area contributed by atoms with Crippen LogP contribution in [0.15, 0.2) is 6.20 Å². The fourth-order valence-corrected chi connectivity index (χ4v) is 5.89. The minimum absolute atomic E-state index is 0.0407. The van der Waals surface area contributed by atoms with Crippen LogP contribution in [0.4, 0.5) is 0 Å². The van der Waals surface area contributed by atoms with Gasteiger partial charge in [0.2, 0.25) is 5.91 Å². The average molecular weight is 514 g/mol. The Bertz CT molecular complexity index is 781. The van der Waals surface area contributed by atoms with Crippen LogP contribution >= 0.6 is 11.8 Å². The lowest BCUT2D eigenvalue weighted by molar-refractivity contribution is -0.177. The number of thioether (sulfide) groups is 1. The molecule has 2 aliphatic rings. The molecule has 4 N–H and O–H groups in total. The molecule has 11 heteroatoms. The van der Waals surface area contributed by atoms with E-state index < -0.39 is 23.7 Å². The van der Waals surface area contributed by atoms with Crippen LogP contribution in [0.3, 0.4) is 0 Å². The molecule has 1 aromatic heterocycles. The summed E-state index contributed by atoms with van der Waals surface area (Å²) in [5, 5.41) is 35.9. The molecule has 2 saturated heterocycles. The van der Waals surface area contributed by atoms with Crippen molar-refractivity contribution >= 4 is 17.7 Å². The fourth-order valence-electron chi connectivity index (χ4n) is 5.12. The van der Waals surface area contributed by atoms with Gasteiger partial charge in [0.25, 0.3) is 0 Å². The van der Waals surface area contributed by atoms with Crippen molar-refractivity contribution in [2.45, 2.75) is 101 Å². The fraction of sp³-hybridized carbons (Fsp3) is 0.875. The molecule has 2 fully saturated rings. The first-order chi connectivity index (χ1) is 16.9. The monoisotopic (exact) mass is 513 g/mol. The van der Waals surface area contributed by atoms with Gasteiger partial charge in [-0.3, -0.25) is 9.48 Å². The highest BCUT2D eigenvalue weighted by atomic mass is 32.2. The van der Waals surface area contributed by atoms with E-state index in [1.807, 2.05) is 31.0 Å². The van der Waals surface area contributed by atoms with Crippen LogP contribution in [0.1, 0.15) is 58.1 Å². The Balaban J connectivity index is 1.46. The van der Waals surface area contributed by atoms with E-state index in [-0.39, 0.29) is 23.9 Å². The third-order valence-corrected chi connectivity index (χ3v) is 8.24. The molecule has 2 aliphatic heterocycles. The van der Waals surface area contributed by atoms with Crippen molar-refractivity contribution in [2.75, 3.05) is 19.9 Å². The second-order valence-corrected chi connectivity index (χ2v) is 10.8. The van der Waals surface area contributed by atoms with E-state index in [2.05, 4.69) is 20.9 Å². The van der Waals surface area contributed by atoms with Crippen molar-refractivity contribution < 1.29 is 24.5 Å². The van der Waals surface area contributed by atoms with Gasteiger partial charge < -0.3 is 30.3 Å². The van der Waals surface area contributed by atoms with E-state index in [9.17, 15) is 15.0 Å². The molecule has 10 nitrogen and oxygen atoms in total. The Hall–Kier alpha value is -1.24. The van der Waals surface area contributed by atoms with Gasteiger partial charge in [0.15, 0.2) is 0 Å². The number of methoxy groups -OCH3 is 1. The lowest BCUT2D eigenvalue weighted by atomic mass is 9.87. The van der Waals surface area contributed by atoms with Gasteiger partial charge in [0.1, 0.15) is 17.2 Å². The van der Waals surface area contributed by atoms with Crippen LogP contribution in [0, 0.1) is 11.8 Å². The maximum absolute atomic E-state index is 13.1. The highest BCUT2D eigenvalue weighted by Crippen LogP contribution is 2.33. The zero-order valence-electron chi connectivity index (χ0n) is 21.4. The first-order valence-electron chi connectivity index (χ1n) is 12.8. The molecule has 0 radical (unpaired) electrons. The number of carbonyl (C=O) groups excluding carboxylic acids is 1. The molecule has 1 aromatic rings. The van der Waals surface area contributed by atoms with Crippen molar-refractivity contribution in [1.29, 1.82) is 0 Å². The quantitative estimate of drug-likeness (QED) is 0.346. The van der Waals surface area contributed by atoms with Gasteiger partial charge in [0.05, 0.1) is 37.1 Å². The van der Waals surface area contributed by atoms with Crippen molar-refractivity contribution in [2.24, 2.45) is 11.8 Å². The molecule has 0 saturated carbocycles. The van der Waals surface area contributed by atoms with Crippen molar-refractivity contribution in [3.05, 3.63) is 11.9 Å². The number of nitrogens with zero attached hydrogens (tertiary/aromatic N) is 3. The third-order valence-electron chi connectivity index (χ3n) is 7.38. The van der Waals surface area contributed by atoms with Gasteiger partial charge in [-0.15, -0.1) is 16.9 Å². The Morgan fingerprint density at radius 2 is 2.17 bits per heavy atom. The summed E-state index contributed by atoms with van der Waals surface area (Å²) in [6, 6.07) is -0.560. The van der Waals surface area contributed by atoms with Crippen LogP contribution in [-0.2, 0) is 27.4 Å². The molecule has 0 spiro atoms. The summed E-state index contributed by atoms with van der Waals surface area (Å²) in [5.41, 5.74) is 0.427. The van der Waals surface area contributed by atoms with E-state index >= 15 is 0 Å². The van der Waals surface area contributed by atoms with Gasteiger partial charge in [-0.25, -0.2) is 0 Å². The van der Waals surface area contributed by atoms with Crippen molar-refractivity contribution in [3.63, 3.8) is 0 Å². The lowest BCUT2D eigenvalue weighted by Gasteiger charge is -2.44. The van der Waals surface area contributed by atoms with Crippen LogP contribution < -0.4 is 10.6 Å². The molecule has 1 amide bonds. The smallest absolute Gasteiger partial charge is 0.237 e. The van der Waals surface area contributed by atoms with E-state index in [4.69, 9.17) is 9.47 Å². The zero-order valence-corrected chi connectivity index (χ0v) is 22.2. The van der Waals surface area contributed by atoms with E-state index in [1.165, 1.54) is 11.8 Å². The molecular weight excluding hydrogens is 470 g/mol. The minimum atomic E-state index is -0.833. The van der Waals surface area contributed by atoms with Gasteiger partial charge in [-0.05, 0) is 57.2 Å². The van der Waals surface area contributed by atoms with Crippen LogP contribution in [0.5, 0.6) is 0 Å². The number of ether oxygens (including phenoxy) is 2. The Morgan fingerprint density at radius 3 is 2.89 bits per heavy atom. The number of nitrogens with one attached hydrogen (secondary N) is 2. The SMILES string of the molecule is CC[C@@H](NC(=O)[C@@H]1CC[C@H](CCCn2cc(COC)nn2)CCN1)[C@H]1O[C@H](SC)[C@H](O)[C@@H](C)[C@H]1O. The van der Waals surface area contributed by atoms with Crippen LogP contribution in [0.25, 0.3) is 0 Å². The standard InChI is InChI=1S/C24H43N5O5S/c1-5-18(22-20(30)15(2)21(31)24(34-22)35-4)26-23(32)19-9-8-16(10-11-25-19)7-6-12-29-13-17(14-33-3)27-28-29/h13,15-16,18-22,24-25,30-31H,5-12,14H2,1-4H3,(H,26,32)/t15-,16-,18+,19-,20+,21+,22+,24+/m0/s1. The predicted octanol–water partition coefficient (Wildman–Crippen LogP) is 1.30. The van der Waals surface area contributed by atoms with Gasteiger partial charge >= 0.3 is 0 Å². The second kappa shape index (κ2) is 13.9. The largest absolute Gasteiger partial charge is 0.390 e. The number of aliphatic hydroxyl groups is 2. The number of aliphatic hydroxyl groups excluding tert-OH is 2. The lowest BCUT2D eigenvalue weighted by Crippen LogP contribution is -2.60.